The van der Waals surface area contributed by atoms with Gasteiger partial charge in [-0.1, -0.05) is 6.07 Å². The van der Waals surface area contributed by atoms with Gasteiger partial charge in [0.2, 0.25) is 0 Å². The van der Waals surface area contributed by atoms with Crippen LogP contribution in [-0.2, 0) is 6.61 Å². The summed E-state index contributed by atoms with van der Waals surface area (Å²) in [6.07, 6.45) is 1.62. The average molecular weight is 274 g/mol. The highest BCUT2D eigenvalue weighted by Crippen LogP contribution is 2.32. The summed E-state index contributed by atoms with van der Waals surface area (Å²) in [7, 11) is 1.56. The third kappa shape index (κ3) is 3.26. The van der Waals surface area contributed by atoms with Gasteiger partial charge in [-0.2, -0.15) is 0 Å². The minimum Gasteiger partial charge on any atom is -0.493 e. The van der Waals surface area contributed by atoms with E-state index in [-0.39, 0.29) is 12.6 Å². The van der Waals surface area contributed by atoms with Crippen LogP contribution >= 0.6 is 0 Å². The Hall–Kier alpha value is -2.11. The van der Waals surface area contributed by atoms with E-state index >= 15 is 0 Å². The van der Waals surface area contributed by atoms with Gasteiger partial charge in [0.15, 0.2) is 11.5 Å². The standard InChI is InChI=1S/C15H18N2O3/c1-10(16)13-5-4-12(8-17-13)20-14-6-3-11(9-18)7-15(14)19-2/h3-8,10,18H,9,16H2,1-2H3. The van der Waals surface area contributed by atoms with Crippen molar-refractivity contribution in [1.29, 1.82) is 0 Å². The van der Waals surface area contributed by atoms with Crippen LogP contribution in [0.5, 0.6) is 17.2 Å². The number of aliphatic hydroxyl groups excluding tert-OH is 1. The average Bonchev–Trinajstić information content (AvgIpc) is 2.48. The zero-order valence-corrected chi connectivity index (χ0v) is 11.5. The van der Waals surface area contributed by atoms with Crippen LogP contribution in [0.15, 0.2) is 36.5 Å². The largest absolute Gasteiger partial charge is 0.493 e. The smallest absolute Gasteiger partial charge is 0.169 e. The maximum atomic E-state index is 9.10. The molecule has 1 heterocycles. The summed E-state index contributed by atoms with van der Waals surface area (Å²) in [4.78, 5) is 4.23. The summed E-state index contributed by atoms with van der Waals surface area (Å²) in [6.45, 7) is 1.83. The maximum Gasteiger partial charge on any atom is 0.169 e. The van der Waals surface area contributed by atoms with Crippen molar-refractivity contribution in [2.24, 2.45) is 5.73 Å². The lowest BCUT2D eigenvalue weighted by Crippen LogP contribution is -2.06. The Bertz CT molecular complexity index is 568. The first-order valence-electron chi connectivity index (χ1n) is 6.31. The van der Waals surface area contributed by atoms with Gasteiger partial charge in [0.25, 0.3) is 0 Å². The molecule has 3 N–H and O–H groups in total. The molecule has 0 radical (unpaired) electrons. The van der Waals surface area contributed by atoms with Crippen molar-refractivity contribution in [2.75, 3.05) is 7.11 Å². The Morgan fingerprint density at radius 3 is 2.60 bits per heavy atom. The first-order chi connectivity index (χ1) is 9.63. The van der Waals surface area contributed by atoms with Crippen molar-refractivity contribution in [1.82, 2.24) is 4.98 Å². The van der Waals surface area contributed by atoms with E-state index in [1.54, 1.807) is 31.5 Å². The fraction of sp³-hybridized carbons (Fsp3) is 0.267. The quantitative estimate of drug-likeness (QED) is 0.875. The van der Waals surface area contributed by atoms with E-state index in [1.165, 1.54) is 0 Å². The Morgan fingerprint density at radius 1 is 1.25 bits per heavy atom. The van der Waals surface area contributed by atoms with Crippen molar-refractivity contribution >= 4 is 0 Å². The minimum absolute atomic E-state index is 0.0404. The Morgan fingerprint density at radius 2 is 2.05 bits per heavy atom. The van der Waals surface area contributed by atoms with E-state index in [0.29, 0.717) is 17.2 Å². The molecule has 1 unspecified atom stereocenters. The van der Waals surface area contributed by atoms with Gasteiger partial charge in [0, 0.05) is 6.04 Å². The third-order valence-corrected chi connectivity index (χ3v) is 2.86. The molecule has 0 aliphatic carbocycles. The highest BCUT2D eigenvalue weighted by Gasteiger charge is 2.08. The number of ether oxygens (including phenoxy) is 2. The molecule has 5 nitrogen and oxygen atoms in total. The number of nitrogens with zero attached hydrogens (tertiary/aromatic N) is 1. The topological polar surface area (TPSA) is 77.6 Å². The molecule has 0 aliphatic heterocycles. The van der Waals surface area contributed by atoms with Crippen LogP contribution in [0.2, 0.25) is 0 Å². The predicted octanol–water partition coefficient (Wildman–Crippen LogP) is 2.39. The molecule has 1 aromatic heterocycles. The number of rotatable bonds is 5. The van der Waals surface area contributed by atoms with Gasteiger partial charge in [-0.05, 0) is 36.8 Å². The van der Waals surface area contributed by atoms with Gasteiger partial charge in [-0.15, -0.1) is 0 Å². The SMILES string of the molecule is COc1cc(CO)ccc1Oc1ccc(C(C)N)nc1. The predicted molar refractivity (Wildman–Crippen MR) is 75.8 cm³/mol. The van der Waals surface area contributed by atoms with E-state index in [9.17, 15) is 0 Å². The molecule has 106 valence electrons. The fourth-order valence-corrected chi connectivity index (χ4v) is 1.74. The zero-order valence-electron chi connectivity index (χ0n) is 11.5. The number of nitrogens with two attached hydrogens (primary N) is 1. The number of aliphatic hydroxyl groups is 1. The van der Waals surface area contributed by atoms with Crippen LogP contribution < -0.4 is 15.2 Å². The number of hydrogen-bond acceptors (Lipinski definition) is 5. The molecule has 1 aromatic carbocycles. The molecule has 1 atom stereocenters. The summed E-state index contributed by atoms with van der Waals surface area (Å²) in [5, 5.41) is 9.10. The molecule has 0 aliphatic rings. The fourth-order valence-electron chi connectivity index (χ4n) is 1.74. The van der Waals surface area contributed by atoms with E-state index < -0.39 is 0 Å². The van der Waals surface area contributed by atoms with E-state index in [4.69, 9.17) is 20.3 Å². The number of hydrogen-bond donors (Lipinski definition) is 2. The lowest BCUT2D eigenvalue weighted by atomic mass is 10.2. The van der Waals surface area contributed by atoms with E-state index in [2.05, 4.69) is 4.98 Å². The molecular formula is C15H18N2O3. The molecule has 5 heteroatoms. The van der Waals surface area contributed by atoms with Crippen LogP contribution in [0, 0.1) is 0 Å². The molecule has 20 heavy (non-hydrogen) atoms. The Balaban J connectivity index is 2.20. The molecule has 0 spiro atoms. The lowest BCUT2D eigenvalue weighted by molar-refractivity contribution is 0.280. The summed E-state index contributed by atoms with van der Waals surface area (Å²) in [5.41, 5.74) is 7.32. The van der Waals surface area contributed by atoms with Crippen molar-refractivity contribution in [2.45, 2.75) is 19.6 Å². The third-order valence-electron chi connectivity index (χ3n) is 2.86. The van der Waals surface area contributed by atoms with Crippen LogP contribution in [0.1, 0.15) is 24.2 Å². The summed E-state index contributed by atoms with van der Waals surface area (Å²) < 4.78 is 11.0. The molecule has 0 amide bonds. The second-order valence-electron chi connectivity index (χ2n) is 4.45. The summed E-state index contributed by atoms with van der Waals surface area (Å²) in [5.74, 6) is 1.73. The molecule has 0 bridgehead atoms. The first kappa shape index (κ1) is 14.3. The number of methoxy groups -OCH3 is 1. The summed E-state index contributed by atoms with van der Waals surface area (Å²) in [6, 6.07) is 8.80. The van der Waals surface area contributed by atoms with Crippen molar-refractivity contribution < 1.29 is 14.6 Å². The van der Waals surface area contributed by atoms with Crippen LogP contribution in [0.25, 0.3) is 0 Å². The van der Waals surface area contributed by atoms with Crippen molar-refractivity contribution in [3.63, 3.8) is 0 Å². The summed E-state index contributed by atoms with van der Waals surface area (Å²) >= 11 is 0. The van der Waals surface area contributed by atoms with Gasteiger partial charge in [0.1, 0.15) is 5.75 Å². The molecule has 0 saturated carbocycles. The van der Waals surface area contributed by atoms with Gasteiger partial charge >= 0.3 is 0 Å². The van der Waals surface area contributed by atoms with Gasteiger partial charge < -0.3 is 20.3 Å². The monoisotopic (exact) mass is 274 g/mol. The number of benzene rings is 1. The first-order valence-corrected chi connectivity index (χ1v) is 6.31. The maximum absolute atomic E-state index is 9.10. The van der Waals surface area contributed by atoms with Gasteiger partial charge in [-0.3, -0.25) is 4.98 Å². The molecular weight excluding hydrogens is 256 g/mol. The number of pyridine rings is 1. The van der Waals surface area contributed by atoms with E-state index in [1.807, 2.05) is 19.1 Å². The zero-order chi connectivity index (χ0) is 14.5. The second kappa shape index (κ2) is 6.36. The van der Waals surface area contributed by atoms with Crippen LogP contribution in [-0.4, -0.2) is 17.2 Å². The number of aromatic nitrogens is 1. The van der Waals surface area contributed by atoms with E-state index in [0.717, 1.165) is 11.3 Å². The highest BCUT2D eigenvalue weighted by molar-refractivity contribution is 5.45. The molecule has 2 aromatic rings. The Labute approximate surface area is 118 Å². The normalized spacial score (nSPS) is 12.0. The molecule has 0 saturated heterocycles. The van der Waals surface area contributed by atoms with Crippen LogP contribution in [0.3, 0.4) is 0 Å². The molecule has 2 rings (SSSR count). The van der Waals surface area contributed by atoms with Crippen molar-refractivity contribution in [3.05, 3.63) is 47.8 Å². The van der Waals surface area contributed by atoms with Crippen molar-refractivity contribution in [3.8, 4) is 17.2 Å². The Kier molecular flexibility index (Phi) is 4.55. The minimum atomic E-state index is -0.109. The lowest BCUT2D eigenvalue weighted by Gasteiger charge is -2.12. The van der Waals surface area contributed by atoms with Gasteiger partial charge in [0.05, 0.1) is 25.6 Å². The molecule has 0 fully saturated rings. The van der Waals surface area contributed by atoms with Gasteiger partial charge in [-0.25, -0.2) is 0 Å². The van der Waals surface area contributed by atoms with Crippen LogP contribution in [0.4, 0.5) is 0 Å². The second-order valence-corrected chi connectivity index (χ2v) is 4.45. The highest BCUT2D eigenvalue weighted by atomic mass is 16.5.